The molecular weight excluding hydrogens is 404 g/mol. The zero-order chi connectivity index (χ0) is 21.8. The summed E-state index contributed by atoms with van der Waals surface area (Å²) in [6.07, 6.45) is 7.69. The fourth-order valence-corrected chi connectivity index (χ4v) is 6.67. The van der Waals surface area contributed by atoms with Gasteiger partial charge in [-0.3, -0.25) is 24.0 Å². The van der Waals surface area contributed by atoms with E-state index in [1.807, 2.05) is 29.1 Å². The van der Waals surface area contributed by atoms with Gasteiger partial charge in [-0.15, -0.1) is 0 Å². The summed E-state index contributed by atoms with van der Waals surface area (Å²) < 4.78 is 2.02. The first kappa shape index (κ1) is 19.7. The van der Waals surface area contributed by atoms with Crippen LogP contribution < -0.4 is 5.32 Å². The van der Waals surface area contributed by atoms with E-state index in [9.17, 15) is 14.4 Å². The summed E-state index contributed by atoms with van der Waals surface area (Å²) in [7, 11) is 0. The van der Waals surface area contributed by atoms with Gasteiger partial charge in [0.25, 0.3) is 0 Å². The number of nitrogens with one attached hydrogen (secondary N) is 1. The minimum Gasteiger partial charge on any atom is -0.348 e. The number of benzene rings is 1. The molecule has 3 amide bonds. The number of nitrogens with zero attached hydrogens (tertiary/aromatic N) is 3. The Kier molecular flexibility index (Phi) is 4.66. The molecule has 1 saturated heterocycles. The molecule has 1 aliphatic heterocycles. The van der Waals surface area contributed by atoms with Crippen LogP contribution in [-0.2, 0) is 27.3 Å². The summed E-state index contributed by atoms with van der Waals surface area (Å²) in [5, 5.41) is 7.67. The number of carbonyl (C=O) groups excluding carboxylic acids is 3. The molecule has 7 nitrogen and oxygen atoms in total. The Hall–Kier alpha value is -2.96. The number of hydrogen-bond donors (Lipinski definition) is 1. The average molecular weight is 433 g/mol. The molecule has 2 aromatic rings. The molecule has 0 radical (unpaired) electrons. The molecule has 3 fully saturated rings. The maximum absolute atomic E-state index is 12.9. The monoisotopic (exact) mass is 432 g/mol. The largest absolute Gasteiger partial charge is 0.348 e. The van der Waals surface area contributed by atoms with E-state index < -0.39 is 0 Å². The molecule has 2 saturated carbocycles. The van der Waals surface area contributed by atoms with E-state index in [0.29, 0.717) is 18.4 Å². The standard InChI is InChI=1S/C25H28N4O3/c30-21(14-28-24(31)22-16-9-10-17(11-16)23(22)25(28)32)27-19-7-4-8-20-18(19)12-26-29(20)13-15-5-2-1-3-6-15/h1-3,5-6,12,16-17,19,22-23H,4,7-11,13-14H2,(H,27,30)/t16-,17-,19-,22-,23+/m0/s1. The summed E-state index contributed by atoms with van der Waals surface area (Å²) in [5.41, 5.74) is 3.40. The third kappa shape index (κ3) is 3.09. The van der Waals surface area contributed by atoms with Crippen LogP contribution >= 0.6 is 0 Å². The van der Waals surface area contributed by atoms with Gasteiger partial charge in [-0.2, -0.15) is 5.10 Å². The Morgan fingerprint density at radius 1 is 1.03 bits per heavy atom. The number of carbonyl (C=O) groups is 3. The van der Waals surface area contributed by atoms with Gasteiger partial charge < -0.3 is 5.32 Å². The molecular formula is C25H28N4O3. The molecule has 0 spiro atoms. The lowest BCUT2D eigenvalue weighted by atomic mass is 9.81. The molecule has 1 N–H and O–H groups in total. The van der Waals surface area contributed by atoms with E-state index in [4.69, 9.17) is 0 Å². The zero-order valence-electron chi connectivity index (χ0n) is 18.1. The van der Waals surface area contributed by atoms with E-state index in [1.165, 1.54) is 10.5 Å². The van der Waals surface area contributed by atoms with Gasteiger partial charge in [0.2, 0.25) is 17.7 Å². The number of aromatic nitrogens is 2. The van der Waals surface area contributed by atoms with Gasteiger partial charge in [0.1, 0.15) is 6.54 Å². The van der Waals surface area contributed by atoms with Crippen LogP contribution in [0.5, 0.6) is 0 Å². The molecule has 5 atom stereocenters. The van der Waals surface area contributed by atoms with Crippen molar-refractivity contribution in [3.63, 3.8) is 0 Å². The van der Waals surface area contributed by atoms with Crippen molar-refractivity contribution in [2.24, 2.45) is 23.7 Å². The number of rotatable bonds is 5. The maximum Gasteiger partial charge on any atom is 0.240 e. The predicted molar refractivity (Wildman–Crippen MR) is 116 cm³/mol. The SMILES string of the molecule is O=C(CN1C(=O)[C@@H]2[C@H]3CC[C@@H](C3)[C@@H]2C1=O)N[C@H]1CCCc2c1cnn2Cc1ccccc1. The quantitative estimate of drug-likeness (QED) is 0.736. The van der Waals surface area contributed by atoms with Gasteiger partial charge in [-0.1, -0.05) is 30.3 Å². The van der Waals surface area contributed by atoms with Crippen molar-refractivity contribution >= 4 is 17.7 Å². The first-order valence-electron chi connectivity index (χ1n) is 11.8. The number of amides is 3. The lowest BCUT2D eigenvalue weighted by Gasteiger charge is -2.25. The fraction of sp³-hybridized carbons (Fsp3) is 0.520. The molecule has 6 rings (SSSR count). The second kappa shape index (κ2) is 7.57. The van der Waals surface area contributed by atoms with Crippen LogP contribution in [0.1, 0.15) is 55.0 Å². The van der Waals surface area contributed by atoms with Crippen LogP contribution in [0.2, 0.25) is 0 Å². The van der Waals surface area contributed by atoms with Crippen molar-refractivity contribution in [3.05, 3.63) is 53.3 Å². The Bertz CT molecular complexity index is 1050. The van der Waals surface area contributed by atoms with E-state index in [0.717, 1.165) is 49.8 Å². The molecule has 2 bridgehead atoms. The van der Waals surface area contributed by atoms with E-state index >= 15 is 0 Å². The van der Waals surface area contributed by atoms with Crippen molar-refractivity contribution in [1.29, 1.82) is 0 Å². The summed E-state index contributed by atoms with van der Waals surface area (Å²) >= 11 is 0. The minimum absolute atomic E-state index is 0.123. The number of likely N-dealkylation sites (tertiary alicyclic amines) is 1. The topological polar surface area (TPSA) is 84.3 Å². The molecule has 3 aliphatic carbocycles. The molecule has 2 heterocycles. The van der Waals surface area contributed by atoms with Gasteiger partial charge in [0, 0.05) is 11.3 Å². The number of imide groups is 1. The second-order valence-corrected chi connectivity index (χ2v) is 9.85. The highest BCUT2D eigenvalue weighted by Crippen LogP contribution is 2.56. The van der Waals surface area contributed by atoms with Crippen molar-refractivity contribution in [1.82, 2.24) is 20.0 Å². The lowest BCUT2D eigenvalue weighted by molar-refractivity contribution is -0.144. The van der Waals surface area contributed by atoms with Gasteiger partial charge in [0.05, 0.1) is 30.6 Å². The van der Waals surface area contributed by atoms with Crippen LogP contribution in [0.3, 0.4) is 0 Å². The van der Waals surface area contributed by atoms with Gasteiger partial charge >= 0.3 is 0 Å². The Balaban J connectivity index is 1.14. The minimum atomic E-state index is -0.257. The second-order valence-electron chi connectivity index (χ2n) is 9.85. The third-order valence-corrected chi connectivity index (χ3v) is 8.09. The molecule has 32 heavy (non-hydrogen) atoms. The molecule has 4 aliphatic rings. The fourth-order valence-electron chi connectivity index (χ4n) is 6.67. The van der Waals surface area contributed by atoms with Crippen molar-refractivity contribution in [3.8, 4) is 0 Å². The van der Waals surface area contributed by atoms with Gasteiger partial charge in [-0.05, 0) is 55.9 Å². The number of hydrogen-bond acceptors (Lipinski definition) is 4. The predicted octanol–water partition coefficient (Wildman–Crippen LogP) is 2.46. The first-order valence-corrected chi connectivity index (χ1v) is 11.8. The van der Waals surface area contributed by atoms with Crippen LogP contribution in [0, 0.1) is 23.7 Å². The Labute approximate surface area is 187 Å². The van der Waals surface area contributed by atoms with Crippen LogP contribution in [0.15, 0.2) is 36.5 Å². The zero-order valence-corrected chi connectivity index (χ0v) is 18.1. The van der Waals surface area contributed by atoms with Gasteiger partial charge in [0.15, 0.2) is 0 Å². The highest BCUT2D eigenvalue weighted by molar-refractivity contribution is 6.08. The Morgan fingerprint density at radius 2 is 1.75 bits per heavy atom. The highest BCUT2D eigenvalue weighted by atomic mass is 16.2. The van der Waals surface area contributed by atoms with E-state index in [-0.39, 0.29) is 42.1 Å². The molecule has 7 heteroatoms. The van der Waals surface area contributed by atoms with E-state index in [1.54, 1.807) is 0 Å². The summed E-state index contributed by atoms with van der Waals surface area (Å²) in [6.45, 7) is 0.548. The highest BCUT2D eigenvalue weighted by Gasteiger charge is 2.61. The molecule has 1 aromatic carbocycles. The smallest absolute Gasteiger partial charge is 0.240 e. The molecule has 1 aromatic heterocycles. The van der Waals surface area contributed by atoms with Crippen molar-refractivity contribution in [2.45, 2.75) is 51.1 Å². The normalized spacial score (nSPS) is 30.5. The molecule has 166 valence electrons. The van der Waals surface area contributed by atoms with Crippen LogP contribution in [0.4, 0.5) is 0 Å². The molecule has 0 unspecified atom stereocenters. The van der Waals surface area contributed by atoms with Gasteiger partial charge in [-0.25, -0.2) is 0 Å². The summed E-state index contributed by atoms with van der Waals surface area (Å²) in [6, 6.07) is 10.1. The van der Waals surface area contributed by atoms with Crippen molar-refractivity contribution in [2.75, 3.05) is 6.54 Å². The first-order chi connectivity index (χ1) is 15.6. The average Bonchev–Trinajstić information content (AvgIpc) is 3.56. The van der Waals surface area contributed by atoms with E-state index in [2.05, 4.69) is 22.5 Å². The van der Waals surface area contributed by atoms with Crippen LogP contribution in [-0.4, -0.2) is 38.9 Å². The van der Waals surface area contributed by atoms with Crippen LogP contribution in [0.25, 0.3) is 0 Å². The number of fused-ring (bicyclic) bond motifs is 6. The third-order valence-electron chi connectivity index (χ3n) is 8.09. The summed E-state index contributed by atoms with van der Waals surface area (Å²) in [5.74, 6) is -0.174. The van der Waals surface area contributed by atoms with Crippen molar-refractivity contribution < 1.29 is 14.4 Å². The Morgan fingerprint density at radius 3 is 2.47 bits per heavy atom. The summed E-state index contributed by atoms with van der Waals surface area (Å²) in [4.78, 5) is 39.9. The lowest BCUT2D eigenvalue weighted by Crippen LogP contribution is -2.43. The maximum atomic E-state index is 12.9.